The molecule has 76 valence electrons. The quantitative estimate of drug-likeness (QED) is 0.662. The molecular weight excluding hydrogens is 213 g/mol. The highest BCUT2D eigenvalue weighted by Gasteiger charge is 2.33. The maximum absolute atomic E-state index is 12.5. The highest BCUT2D eigenvalue weighted by atomic mass is 35.5. The van der Waals surface area contributed by atoms with Crippen LogP contribution in [0, 0.1) is 0 Å². The summed E-state index contributed by atoms with van der Waals surface area (Å²) in [6.07, 6.45) is -4.36. The van der Waals surface area contributed by atoms with Crippen molar-refractivity contribution in [3.63, 3.8) is 0 Å². The van der Waals surface area contributed by atoms with E-state index in [-0.39, 0.29) is 17.0 Å². The Bertz CT molecular complexity index is 341. The maximum Gasteiger partial charge on any atom is 0.416 e. The minimum absolute atomic E-state index is 0.00685. The molecule has 0 aliphatic carbocycles. The average molecular weight is 221 g/mol. The molecule has 0 aliphatic heterocycles. The summed E-state index contributed by atoms with van der Waals surface area (Å²) in [6, 6.07) is 5.26. The zero-order chi connectivity index (χ0) is 10.8. The third-order valence-corrected chi connectivity index (χ3v) is 2.10. The molecule has 4 heteroatoms. The second kappa shape index (κ2) is 4.05. The first-order chi connectivity index (χ1) is 6.46. The van der Waals surface area contributed by atoms with Crippen LogP contribution in [0.5, 0.6) is 0 Å². The van der Waals surface area contributed by atoms with Crippen LogP contribution in [0.1, 0.15) is 11.1 Å². The first kappa shape index (κ1) is 11.1. The van der Waals surface area contributed by atoms with Gasteiger partial charge in [0.05, 0.1) is 5.56 Å². The van der Waals surface area contributed by atoms with Gasteiger partial charge in [0.1, 0.15) is 0 Å². The van der Waals surface area contributed by atoms with Gasteiger partial charge in [0.15, 0.2) is 0 Å². The molecule has 0 spiro atoms. The molecule has 0 unspecified atom stereocenters. The molecule has 0 fully saturated rings. The van der Waals surface area contributed by atoms with Crippen LogP contribution in [0.15, 0.2) is 30.8 Å². The summed E-state index contributed by atoms with van der Waals surface area (Å²) in [6.45, 7) is 3.49. The molecule has 0 saturated heterocycles. The van der Waals surface area contributed by atoms with Crippen molar-refractivity contribution in [2.24, 2.45) is 0 Å². The van der Waals surface area contributed by atoms with Gasteiger partial charge in [-0.05, 0) is 17.2 Å². The number of hydrogen-bond acceptors (Lipinski definition) is 0. The molecule has 0 amide bonds. The van der Waals surface area contributed by atoms with Crippen LogP contribution in [0.3, 0.4) is 0 Å². The monoisotopic (exact) mass is 220 g/mol. The average Bonchev–Trinajstić information content (AvgIpc) is 2.15. The molecule has 1 aromatic carbocycles. The van der Waals surface area contributed by atoms with Crippen LogP contribution in [0.4, 0.5) is 13.2 Å². The van der Waals surface area contributed by atoms with Crippen molar-refractivity contribution in [2.45, 2.75) is 6.18 Å². The minimum Gasteiger partial charge on any atom is -0.166 e. The fourth-order valence-electron chi connectivity index (χ4n) is 1.11. The van der Waals surface area contributed by atoms with E-state index < -0.39 is 11.7 Å². The highest BCUT2D eigenvalue weighted by Crippen LogP contribution is 2.34. The van der Waals surface area contributed by atoms with E-state index in [0.29, 0.717) is 0 Å². The lowest BCUT2D eigenvalue weighted by Gasteiger charge is -2.12. The molecule has 1 aromatic rings. The predicted octanol–water partition coefficient (Wildman–Crippen LogP) is 3.96. The fourth-order valence-corrected chi connectivity index (χ4v) is 1.25. The predicted molar refractivity (Wildman–Crippen MR) is 51.2 cm³/mol. The van der Waals surface area contributed by atoms with Crippen LogP contribution in [-0.2, 0) is 6.18 Å². The van der Waals surface area contributed by atoms with Gasteiger partial charge < -0.3 is 0 Å². The molecule has 0 saturated carbocycles. The normalized spacial score (nSPS) is 11.4. The SMILES string of the molecule is C=C(CCl)c1ccccc1C(F)(F)F. The van der Waals surface area contributed by atoms with E-state index in [1.807, 2.05) is 0 Å². The Hall–Kier alpha value is -0.960. The zero-order valence-electron chi connectivity index (χ0n) is 7.24. The van der Waals surface area contributed by atoms with E-state index in [0.717, 1.165) is 6.07 Å². The molecule has 0 heterocycles. The number of hydrogen-bond donors (Lipinski definition) is 0. The molecule has 14 heavy (non-hydrogen) atoms. The molecule has 0 nitrogen and oxygen atoms in total. The number of benzene rings is 1. The van der Waals surface area contributed by atoms with E-state index in [4.69, 9.17) is 11.6 Å². The van der Waals surface area contributed by atoms with Gasteiger partial charge in [-0.15, -0.1) is 11.6 Å². The maximum atomic E-state index is 12.5. The second-order valence-corrected chi connectivity index (χ2v) is 3.05. The van der Waals surface area contributed by atoms with Gasteiger partial charge in [-0.2, -0.15) is 13.2 Å². The molecule has 0 aromatic heterocycles. The summed E-state index contributed by atoms with van der Waals surface area (Å²) < 4.78 is 37.4. The Morgan fingerprint density at radius 2 is 1.86 bits per heavy atom. The minimum atomic E-state index is -4.36. The molecule has 1 rings (SSSR count). The third kappa shape index (κ3) is 2.29. The molecule has 0 atom stereocenters. The van der Waals surface area contributed by atoms with Crippen LogP contribution >= 0.6 is 11.6 Å². The lowest BCUT2D eigenvalue weighted by molar-refractivity contribution is -0.137. The first-order valence-electron chi connectivity index (χ1n) is 3.87. The Kier molecular flexibility index (Phi) is 3.21. The zero-order valence-corrected chi connectivity index (χ0v) is 7.99. The van der Waals surface area contributed by atoms with Gasteiger partial charge in [-0.1, -0.05) is 24.8 Å². The summed E-state index contributed by atoms with van der Waals surface area (Å²) in [5, 5.41) is 0. The van der Waals surface area contributed by atoms with Gasteiger partial charge in [-0.25, -0.2) is 0 Å². The van der Waals surface area contributed by atoms with Crippen molar-refractivity contribution < 1.29 is 13.2 Å². The highest BCUT2D eigenvalue weighted by molar-refractivity contribution is 6.23. The van der Waals surface area contributed by atoms with Gasteiger partial charge in [0.2, 0.25) is 0 Å². The van der Waals surface area contributed by atoms with Crippen molar-refractivity contribution in [1.82, 2.24) is 0 Å². The molecular formula is C10H8ClF3. The number of halogens is 4. The summed E-state index contributed by atoms with van der Waals surface area (Å²) in [5.74, 6) is -0.00685. The largest absolute Gasteiger partial charge is 0.416 e. The number of rotatable bonds is 2. The van der Waals surface area contributed by atoms with Crippen molar-refractivity contribution in [3.8, 4) is 0 Å². The summed E-state index contributed by atoms with van der Waals surface area (Å²) in [7, 11) is 0. The van der Waals surface area contributed by atoms with Gasteiger partial charge >= 0.3 is 6.18 Å². The second-order valence-electron chi connectivity index (χ2n) is 2.78. The van der Waals surface area contributed by atoms with E-state index in [1.165, 1.54) is 18.2 Å². The van der Waals surface area contributed by atoms with Crippen LogP contribution in [-0.4, -0.2) is 5.88 Å². The van der Waals surface area contributed by atoms with Crippen molar-refractivity contribution in [3.05, 3.63) is 42.0 Å². The van der Waals surface area contributed by atoms with Crippen molar-refractivity contribution in [1.29, 1.82) is 0 Å². The number of alkyl halides is 4. The Morgan fingerprint density at radius 3 is 2.36 bits per heavy atom. The summed E-state index contributed by atoms with van der Waals surface area (Å²) in [4.78, 5) is 0. The number of allylic oxidation sites excluding steroid dienone is 1. The smallest absolute Gasteiger partial charge is 0.166 e. The molecule has 0 bridgehead atoms. The van der Waals surface area contributed by atoms with Crippen LogP contribution in [0.2, 0.25) is 0 Å². The van der Waals surface area contributed by atoms with Gasteiger partial charge in [0.25, 0.3) is 0 Å². The Labute approximate surface area is 85.0 Å². The van der Waals surface area contributed by atoms with E-state index in [9.17, 15) is 13.2 Å². The van der Waals surface area contributed by atoms with Crippen molar-refractivity contribution in [2.75, 3.05) is 5.88 Å². The lowest BCUT2D eigenvalue weighted by Crippen LogP contribution is -2.08. The van der Waals surface area contributed by atoms with Crippen LogP contribution in [0.25, 0.3) is 5.57 Å². The first-order valence-corrected chi connectivity index (χ1v) is 4.40. The Morgan fingerprint density at radius 1 is 1.29 bits per heavy atom. The molecule has 0 radical (unpaired) electrons. The third-order valence-electron chi connectivity index (χ3n) is 1.77. The van der Waals surface area contributed by atoms with Gasteiger partial charge in [0, 0.05) is 5.88 Å². The van der Waals surface area contributed by atoms with E-state index in [2.05, 4.69) is 6.58 Å². The summed E-state index contributed by atoms with van der Waals surface area (Å²) in [5.41, 5.74) is -0.347. The van der Waals surface area contributed by atoms with E-state index >= 15 is 0 Å². The van der Waals surface area contributed by atoms with Crippen LogP contribution < -0.4 is 0 Å². The summed E-state index contributed by atoms with van der Waals surface area (Å²) >= 11 is 5.44. The van der Waals surface area contributed by atoms with E-state index in [1.54, 1.807) is 0 Å². The molecule has 0 N–H and O–H groups in total. The molecule has 0 aliphatic rings. The Balaban J connectivity index is 3.23. The lowest BCUT2D eigenvalue weighted by atomic mass is 10.0. The van der Waals surface area contributed by atoms with Gasteiger partial charge in [-0.3, -0.25) is 0 Å². The standard InChI is InChI=1S/C10H8ClF3/c1-7(6-11)8-4-2-3-5-9(8)10(12,13)14/h2-5H,1,6H2. The topological polar surface area (TPSA) is 0 Å². The fraction of sp³-hybridized carbons (Fsp3) is 0.200. The van der Waals surface area contributed by atoms with Crippen molar-refractivity contribution >= 4 is 17.2 Å².